The number of hydrogen-bond donors (Lipinski definition) is 3. The van der Waals surface area contributed by atoms with E-state index in [1.54, 1.807) is 30.3 Å². The number of halogens is 2. The van der Waals surface area contributed by atoms with Crippen LogP contribution in [0.3, 0.4) is 0 Å². The number of esters is 1. The number of anilines is 2. The molecule has 0 bridgehead atoms. The molecule has 2 aromatic carbocycles. The summed E-state index contributed by atoms with van der Waals surface area (Å²) in [5, 5.41) is 10.6. The number of rotatable bonds is 6. The van der Waals surface area contributed by atoms with Crippen LogP contribution in [0.2, 0.25) is 10.0 Å². The van der Waals surface area contributed by atoms with Gasteiger partial charge in [0.05, 0.1) is 27.0 Å². The molecule has 2 aromatic rings. The van der Waals surface area contributed by atoms with Crippen molar-refractivity contribution in [2.24, 2.45) is 5.90 Å². The highest BCUT2D eigenvalue weighted by Crippen LogP contribution is 2.36. The molecule has 0 atom stereocenters. The Labute approximate surface area is 156 Å². The van der Waals surface area contributed by atoms with Crippen LogP contribution in [-0.2, 0) is 9.47 Å². The van der Waals surface area contributed by atoms with Crippen molar-refractivity contribution in [3.63, 3.8) is 0 Å². The fourth-order valence-corrected chi connectivity index (χ4v) is 2.40. The largest absolute Gasteiger partial charge is 0.435 e. The number of ether oxygens (including phenoxy) is 2. The maximum Gasteiger partial charge on any atom is 0.342 e. The van der Waals surface area contributed by atoms with Crippen LogP contribution >= 0.6 is 23.2 Å². The molecule has 0 aliphatic rings. The van der Waals surface area contributed by atoms with Crippen molar-refractivity contribution in [1.29, 1.82) is 0 Å². The number of hydrogen-bond acceptors (Lipinski definition) is 6. The fourth-order valence-electron chi connectivity index (χ4n) is 1.93. The van der Waals surface area contributed by atoms with E-state index in [-0.39, 0.29) is 6.79 Å². The Morgan fingerprint density at radius 3 is 2.56 bits per heavy atom. The molecule has 0 unspecified atom stereocenters. The number of para-hydroxylation sites is 1. The summed E-state index contributed by atoms with van der Waals surface area (Å²) in [6.45, 7) is 4.09. The van der Waals surface area contributed by atoms with Crippen molar-refractivity contribution >= 4 is 40.5 Å². The molecule has 0 radical (unpaired) electrons. The predicted octanol–water partition coefficient (Wildman–Crippen LogP) is 4.53. The summed E-state index contributed by atoms with van der Waals surface area (Å²) < 4.78 is 10.1. The lowest BCUT2D eigenvalue weighted by Crippen LogP contribution is -2.11. The predicted molar refractivity (Wildman–Crippen MR) is 98.8 cm³/mol. The molecule has 6 nitrogen and oxygen atoms in total. The van der Waals surface area contributed by atoms with E-state index < -0.39 is 5.97 Å². The maximum atomic E-state index is 12.2. The molecule has 0 aliphatic heterocycles. The Balaban J connectivity index is 0.00000151. The first-order valence-electron chi connectivity index (χ1n) is 7.36. The molecular formula is C17H20Cl2N2O4. The lowest BCUT2D eigenvalue weighted by Gasteiger charge is -2.15. The summed E-state index contributed by atoms with van der Waals surface area (Å²) in [4.78, 5) is 12.2. The van der Waals surface area contributed by atoms with Gasteiger partial charge in [0.2, 0.25) is 0 Å². The zero-order valence-corrected chi connectivity index (χ0v) is 15.4. The van der Waals surface area contributed by atoms with Crippen molar-refractivity contribution in [1.82, 2.24) is 0 Å². The van der Waals surface area contributed by atoms with Gasteiger partial charge in [-0.25, -0.2) is 10.7 Å². The quantitative estimate of drug-likeness (QED) is 0.292. The van der Waals surface area contributed by atoms with E-state index in [4.69, 9.17) is 37.9 Å². The van der Waals surface area contributed by atoms with E-state index in [0.717, 1.165) is 5.56 Å². The van der Waals surface area contributed by atoms with Crippen LogP contribution in [0.5, 0.6) is 0 Å². The van der Waals surface area contributed by atoms with Crippen LogP contribution in [0.1, 0.15) is 22.8 Å². The minimum absolute atomic E-state index is 0.0877. The zero-order chi connectivity index (χ0) is 18.8. The second-order valence-corrected chi connectivity index (χ2v) is 5.55. The van der Waals surface area contributed by atoms with Gasteiger partial charge >= 0.3 is 5.97 Å². The van der Waals surface area contributed by atoms with Gasteiger partial charge in [-0.2, -0.15) is 0 Å². The molecule has 4 N–H and O–H groups in total. The van der Waals surface area contributed by atoms with Crippen LogP contribution in [-0.4, -0.2) is 24.6 Å². The van der Waals surface area contributed by atoms with Gasteiger partial charge in [-0.05, 0) is 37.6 Å². The monoisotopic (exact) mass is 386 g/mol. The molecule has 25 heavy (non-hydrogen) atoms. The molecule has 2 rings (SSSR count). The normalized spacial score (nSPS) is 9.84. The smallest absolute Gasteiger partial charge is 0.342 e. The summed E-state index contributed by atoms with van der Waals surface area (Å²) in [6, 6.07) is 10.6. The molecule has 0 aliphatic carbocycles. The molecule has 136 valence electrons. The minimum atomic E-state index is -0.485. The summed E-state index contributed by atoms with van der Waals surface area (Å²) in [5.41, 5.74) is 2.37. The van der Waals surface area contributed by atoms with Gasteiger partial charge in [-0.1, -0.05) is 41.4 Å². The first-order chi connectivity index (χ1) is 12.0. The molecule has 0 aromatic heterocycles. The van der Waals surface area contributed by atoms with Crippen molar-refractivity contribution in [3.8, 4) is 0 Å². The molecular weight excluding hydrogens is 367 g/mol. The van der Waals surface area contributed by atoms with Crippen molar-refractivity contribution < 1.29 is 19.5 Å². The second kappa shape index (κ2) is 10.9. The number of carbonyl (C=O) groups is 1. The van der Waals surface area contributed by atoms with E-state index >= 15 is 0 Å². The van der Waals surface area contributed by atoms with Gasteiger partial charge in [-0.15, -0.1) is 0 Å². The highest BCUT2D eigenvalue weighted by Gasteiger charge is 2.15. The van der Waals surface area contributed by atoms with Crippen LogP contribution in [0.25, 0.3) is 0 Å². The zero-order valence-electron chi connectivity index (χ0n) is 13.9. The Hall–Kier alpha value is -1.83. The minimum Gasteiger partial charge on any atom is -0.435 e. The Morgan fingerprint density at radius 2 is 1.88 bits per heavy atom. The third kappa shape index (κ3) is 5.88. The van der Waals surface area contributed by atoms with Crippen LogP contribution in [0.15, 0.2) is 36.4 Å². The van der Waals surface area contributed by atoms with Crippen molar-refractivity contribution in [3.05, 3.63) is 57.6 Å². The third-order valence-corrected chi connectivity index (χ3v) is 3.97. The van der Waals surface area contributed by atoms with E-state index in [1.165, 1.54) is 0 Å². The topological polar surface area (TPSA) is 93.8 Å². The van der Waals surface area contributed by atoms with Gasteiger partial charge in [0.1, 0.15) is 0 Å². The standard InChI is InChI=1S/C17H17Cl2NO3.H3NO/c1-3-22-10-23-17(21)12-6-4-5-7-14(12)20-16-13(18)9-8-11(2)15(16)19;1-2/h4-9,20H,3,10H2,1-2H3;2H,1H2. The van der Waals surface area contributed by atoms with Crippen molar-refractivity contribution in [2.75, 3.05) is 18.7 Å². The number of benzene rings is 2. The molecule has 8 heteroatoms. The van der Waals surface area contributed by atoms with Crippen LogP contribution < -0.4 is 11.2 Å². The average Bonchev–Trinajstić information content (AvgIpc) is 2.64. The van der Waals surface area contributed by atoms with Crippen LogP contribution in [0.4, 0.5) is 11.4 Å². The number of carbonyl (C=O) groups excluding carboxylic acids is 1. The first kappa shape index (κ1) is 21.2. The van der Waals surface area contributed by atoms with E-state index in [2.05, 4.69) is 11.2 Å². The molecule has 0 fully saturated rings. The van der Waals surface area contributed by atoms with E-state index in [1.807, 2.05) is 19.9 Å². The van der Waals surface area contributed by atoms with Gasteiger partial charge in [0.15, 0.2) is 6.79 Å². The second-order valence-electron chi connectivity index (χ2n) is 4.77. The van der Waals surface area contributed by atoms with Gasteiger partial charge in [0.25, 0.3) is 0 Å². The average molecular weight is 387 g/mol. The van der Waals surface area contributed by atoms with Gasteiger partial charge in [0, 0.05) is 6.61 Å². The summed E-state index contributed by atoms with van der Waals surface area (Å²) in [5.74, 6) is 3.02. The summed E-state index contributed by atoms with van der Waals surface area (Å²) >= 11 is 12.5. The molecule has 0 heterocycles. The fraction of sp³-hybridized carbons (Fsp3) is 0.235. The number of aryl methyl sites for hydroxylation is 1. The lowest BCUT2D eigenvalue weighted by atomic mass is 10.1. The van der Waals surface area contributed by atoms with Crippen LogP contribution in [0, 0.1) is 6.92 Å². The van der Waals surface area contributed by atoms with E-state index in [0.29, 0.717) is 33.6 Å². The lowest BCUT2D eigenvalue weighted by molar-refractivity contribution is -0.0273. The molecule has 0 spiro atoms. The van der Waals surface area contributed by atoms with Crippen molar-refractivity contribution in [2.45, 2.75) is 13.8 Å². The molecule has 0 amide bonds. The SMILES string of the molecule is CCOCOC(=O)c1ccccc1Nc1c(Cl)ccc(C)c1Cl.NO. The first-order valence-corrected chi connectivity index (χ1v) is 8.11. The number of nitrogens with one attached hydrogen (secondary N) is 1. The Kier molecular flexibility index (Phi) is 9.26. The Bertz CT molecular complexity index is 711. The Morgan fingerprint density at radius 1 is 1.20 bits per heavy atom. The number of nitrogens with two attached hydrogens (primary N) is 1. The molecule has 0 saturated carbocycles. The maximum absolute atomic E-state index is 12.2. The van der Waals surface area contributed by atoms with Gasteiger partial charge in [-0.3, -0.25) is 0 Å². The van der Waals surface area contributed by atoms with Gasteiger partial charge < -0.3 is 20.0 Å². The highest BCUT2D eigenvalue weighted by molar-refractivity contribution is 6.39. The molecule has 0 saturated heterocycles. The summed E-state index contributed by atoms with van der Waals surface area (Å²) in [7, 11) is 0. The summed E-state index contributed by atoms with van der Waals surface area (Å²) in [6.07, 6.45) is 0. The van der Waals surface area contributed by atoms with E-state index in [9.17, 15) is 4.79 Å². The highest BCUT2D eigenvalue weighted by atomic mass is 35.5. The third-order valence-electron chi connectivity index (χ3n) is 3.17.